The Morgan fingerprint density at radius 3 is 2.47 bits per heavy atom. The average Bonchev–Trinajstić information content (AvgIpc) is 2.32. The second-order valence-electron chi connectivity index (χ2n) is 4.40. The SMILES string of the molecule is C=CC(=O)OCCCOCCC[Si](C)(C)OC. The summed E-state index contributed by atoms with van der Waals surface area (Å²) in [7, 11) is 0.346. The van der Waals surface area contributed by atoms with Crippen molar-refractivity contribution in [2.75, 3.05) is 26.9 Å². The Morgan fingerprint density at radius 2 is 1.88 bits per heavy atom. The minimum atomic E-state index is -1.43. The molecular formula is C12H24O4Si. The van der Waals surface area contributed by atoms with E-state index in [1.54, 1.807) is 7.11 Å². The Kier molecular flexibility index (Phi) is 9.02. The average molecular weight is 260 g/mol. The third-order valence-corrected chi connectivity index (χ3v) is 5.13. The molecule has 0 heterocycles. The molecule has 0 saturated carbocycles. The maximum Gasteiger partial charge on any atom is 0.330 e. The molecule has 0 radical (unpaired) electrons. The Morgan fingerprint density at radius 1 is 1.24 bits per heavy atom. The van der Waals surface area contributed by atoms with Crippen molar-refractivity contribution in [2.45, 2.75) is 32.0 Å². The molecule has 0 bridgehead atoms. The highest BCUT2D eigenvalue weighted by atomic mass is 28.4. The lowest BCUT2D eigenvalue weighted by Gasteiger charge is -2.19. The standard InChI is InChI=1S/C12H24O4Si/c1-5-12(13)16-10-6-8-15-9-7-11-17(3,4)14-2/h5H,1,6-11H2,2-4H3. The van der Waals surface area contributed by atoms with Gasteiger partial charge in [0.15, 0.2) is 8.32 Å². The molecule has 0 aliphatic carbocycles. The largest absolute Gasteiger partial charge is 0.462 e. The Labute approximate surface area is 105 Å². The fourth-order valence-electron chi connectivity index (χ4n) is 1.20. The van der Waals surface area contributed by atoms with Crippen LogP contribution in [0.1, 0.15) is 12.8 Å². The first-order chi connectivity index (χ1) is 8.02. The van der Waals surface area contributed by atoms with Gasteiger partial charge >= 0.3 is 5.97 Å². The van der Waals surface area contributed by atoms with Crippen molar-refractivity contribution in [3.63, 3.8) is 0 Å². The Hall–Kier alpha value is -0.653. The van der Waals surface area contributed by atoms with Gasteiger partial charge in [-0.15, -0.1) is 0 Å². The fourth-order valence-corrected chi connectivity index (χ4v) is 2.40. The quantitative estimate of drug-likeness (QED) is 0.262. The van der Waals surface area contributed by atoms with E-state index in [0.29, 0.717) is 13.2 Å². The molecule has 17 heavy (non-hydrogen) atoms. The van der Waals surface area contributed by atoms with Crippen LogP contribution in [0.3, 0.4) is 0 Å². The van der Waals surface area contributed by atoms with Crippen molar-refractivity contribution in [1.29, 1.82) is 0 Å². The Bertz CT molecular complexity index is 229. The van der Waals surface area contributed by atoms with Crippen molar-refractivity contribution < 1.29 is 18.7 Å². The summed E-state index contributed by atoms with van der Waals surface area (Å²) in [6.45, 7) is 9.47. The van der Waals surface area contributed by atoms with E-state index in [2.05, 4.69) is 19.7 Å². The maximum absolute atomic E-state index is 10.7. The molecule has 4 nitrogen and oxygen atoms in total. The molecule has 0 fully saturated rings. The van der Waals surface area contributed by atoms with Crippen LogP contribution in [0.25, 0.3) is 0 Å². The molecule has 0 N–H and O–H groups in total. The van der Waals surface area contributed by atoms with Gasteiger partial charge in [0, 0.05) is 32.8 Å². The number of rotatable bonds is 10. The molecule has 0 aromatic carbocycles. The van der Waals surface area contributed by atoms with Gasteiger partial charge in [-0.25, -0.2) is 4.79 Å². The fraction of sp³-hybridized carbons (Fsp3) is 0.750. The van der Waals surface area contributed by atoms with Crippen LogP contribution >= 0.6 is 0 Å². The molecule has 0 amide bonds. The van der Waals surface area contributed by atoms with E-state index in [1.165, 1.54) is 0 Å². The van der Waals surface area contributed by atoms with E-state index in [4.69, 9.17) is 13.9 Å². The first kappa shape index (κ1) is 16.3. The second kappa shape index (κ2) is 9.38. The van der Waals surface area contributed by atoms with Crippen LogP contribution in [0.5, 0.6) is 0 Å². The molecule has 0 aromatic rings. The normalized spacial score (nSPS) is 11.2. The summed E-state index contributed by atoms with van der Waals surface area (Å²) < 4.78 is 15.7. The molecule has 0 saturated heterocycles. The molecule has 0 rings (SSSR count). The highest BCUT2D eigenvalue weighted by Crippen LogP contribution is 2.12. The van der Waals surface area contributed by atoms with E-state index in [0.717, 1.165) is 31.6 Å². The molecule has 0 aliphatic rings. The summed E-state index contributed by atoms with van der Waals surface area (Å²) in [5.74, 6) is -0.377. The zero-order chi connectivity index (χ0) is 13.1. The minimum Gasteiger partial charge on any atom is -0.462 e. The molecule has 0 spiro atoms. The van der Waals surface area contributed by atoms with Gasteiger partial charge in [0.2, 0.25) is 0 Å². The smallest absolute Gasteiger partial charge is 0.330 e. The maximum atomic E-state index is 10.7. The summed E-state index contributed by atoms with van der Waals surface area (Å²) >= 11 is 0. The highest BCUT2D eigenvalue weighted by molar-refractivity contribution is 6.71. The first-order valence-electron chi connectivity index (χ1n) is 5.94. The first-order valence-corrected chi connectivity index (χ1v) is 9.05. The van der Waals surface area contributed by atoms with Gasteiger partial charge < -0.3 is 13.9 Å². The number of hydrogen-bond donors (Lipinski definition) is 0. The lowest BCUT2D eigenvalue weighted by atomic mass is 10.5. The molecule has 5 heteroatoms. The van der Waals surface area contributed by atoms with Crippen molar-refractivity contribution in [3.8, 4) is 0 Å². The van der Waals surface area contributed by atoms with Crippen LogP contribution in [0.15, 0.2) is 12.7 Å². The van der Waals surface area contributed by atoms with E-state index < -0.39 is 8.32 Å². The van der Waals surface area contributed by atoms with Crippen LogP contribution in [0.2, 0.25) is 19.1 Å². The lowest BCUT2D eigenvalue weighted by molar-refractivity contribution is -0.138. The summed E-state index contributed by atoms with van der Waals surface area (Å²) in [6.07, 6.45) is 2.92. The molecule has 0 atom stereocenters. The summed E-state index contributed by atoms with van der Waals surface area (Å²) in [4.78, 5) is 10.7. The molecule has 0 unspecified atom stereocenters. The van der Waals surface area contributed by atoms with Gasteiger partial charge in [-0.3, -0.25) is 0 Å². The van der Waals surface area contributed by atoms with Gasteiger partial charge in [-0.1, -0.05) is 6.58 Å². The number of carbonyl (C=O) groups excluding carboxylic acids is 1. The summed E-state index contributed by atoms with van der Waals surface area (Å²) in [6, 6.07) is 1.11. The molecular weight excluding hydrogens is 236 g/mol. The predicted molar refractivity (Wildman–Crippen MR) is 70.5 cm³/mol. The second-order valence-corrected chi connectivity index (χ2v) is 8.83. The van der Waals surface area contributed by atoms with Crippen LogP contribution < -0.4 is 0 Å². The van der Waals surface area contributed by atoms with Crippen LogP contribution in [0, 0.1) is 0 Å². The number of ether oxygens (including phenoxy) is 2. The van der Waals surface area contributed by atoms with Gasteiger partial charge in [0.05, 0.1) is 6.61 Å². The molecule has 0 aromatic heterocycles. The summed E-state index contributed by atoms with van der Waals surface area (Å²) in [5, 5.41) is 0. The zero-order valence-corrected chi connectivity index (χ0v) is 12.2. The monoisotopic (exact) mass is 260 g/mol. The lowest BCUT2D eigenvalue weighted by Crippen LogP contribution is -2.28. The third kappa shape index (κ3) is 10.2. The van der Waals surface area contributed by atoms with Gasteiger partial charge in [-0.05, 0) is 25.6 Å². The predicted octanol–water partition coefficient (Wildman–Crippen LogP) is 2.36. The van der Waals surface area contributed by atoms with E-state index in [-0.39, 0.29) is 5.97 Å². The number of carbonyl (C=O) groups is 1. The van der Waals surface area contributed by atoms with Gasteiger partial charge in [0.25, 0.3) is 0 Å². The van der Waals surface area contributed by atoms with E-state index >= 15 is 0 Å². The van der Waals surface area contributed by atoms with Gasteiger partial charge in [0.1, 0.15) is 0 Å². The minimum absolute atomic E-state index is 0.377. The number of hydrogen-bond acceptors (Lipinski definition) is 4. The highest BCUT2D eigenvalue weighted by Gasteiger charge is 2.19. The van der Waals surface area contributed by atoms with Crippen molar-refractivity contribution in [2.24, 2.45) is 0 Å². The van der Waals surface area contributed by atoms with Crippen molar-refractivity contribution >= 4 is 14.3 Å². The van der Waals surface area contributed by atoms with E-state index in [1.807, 2.05) is 0 Å². The molecule has 0 aliphatic heterocycles. The van der Waals surface area contributed by atoms with Crippen LogP contribution in [-0.2, 0) is 18.7 Å². The summed E-state index contributed by atoms with van der Waals surface area (Å²) in [5.41, 5.74) is 0. The van der Waals surface area contributed by atoms with Crippen LogP contribution in [-0.4, -0.2) is 41.2 Å². The van der Waals surface area contributed by atoms with Crippen molar-refractivity contribution in [1.82, 2.24) is 0 Å². The van der Waals surface area contributed by atoms with Crippen molar-refractivity contribution in [3.05, 3.63) is 12.7 Å². The van der Waals surface area contributed by atoms with E-state index in [9.17, 15) is 4.79 Å². The third-order valence-electron chi connectivity index (χ3n) is 2.46. The Balaban J connectivity index is 3.24. The van der Waals surface area contributed by atoms with Crippen LogP contribution in [0.4, 0.5) is 0 Å². The van der Waals surface area contributed by atoms with Gasteiger partial charge in [-0.2, -0.15) is 0 Å². The topological polar surface area (TPSA) is 44.8 Å². The zero-order valence-electron chi connectivity index (χ0n) is 11.2. The molecule has 100 valence electrons. The number of esters is 1.